The van der Waals surface area contributed by atoms with Crippen molar-refractivity contribution in [1.82, 2.24) is 9.80 Å². The van der Waals surface area contributed by atoms with Crippen LogP contribution in [0.1, 0.15) is 24.5 Å². The Kier molecular flexibility index (Phi) is 4.91. The fourth-order valence-electron chi connectivity index (χ4n) is 2.68. The Hall–Kier alpha value is -0.970. The SMILES string of the molecule is CCC1CN(Cc2ccc(CN)cc2F)CCN1C. The molecular weight excluding hydrogens is 241 g/mol. The molecule has 0 bridgehead atoms. The summed E-state index contributed by atoms with van der Waals surface area (Å²) in [6, 6.07) is 5.94. The van der Waals surface area contributed by atoms with E-state index in [-0.39, 0.29) is 5.82 Å². The first-order valence-corrected chi connectivity index (χ1v) is 7.04. The normalized spacial score (nSPS) is 21.8. The summed E-state index contributed by atoms with van der Waals surface area (Å²) in [5.74, 6) is -0.130. The molecule has 1 atom stereocenters. The third-order valence-electron chi connectivity index (χ3n) is 4.08. The summed E-state index contributed by atoms with van der Waals surface area (Å²) in [4.78, 5) is 4.74. The Bertz CT molecular complexity index is 422. The van der Waals surface area contributed by atoms with Crippen LogP contribution in [0.25, 0.3) is 0 Å². The maximum Gasteiger partial charge on any atom is 0.128 e. The topological polar surface area (TPSA) is 32.5 Å². The third kappa shape index (κ3) is 3.53. The van der Waals surface area contributed by atoms with E-state index in [0.717, 1.165) is 37.2 Å². The molecule has 0 aromatic heterocycles. The second-order valence-electron chi connectivity index (χ2n) is 5.41. The molecule has 1 saturated heterocycles. The van der Waals surface area contributed by atoms with Crippen LogP contribution in [0.4, 0.5) is 4.39 Å². The highest BCUT2D eigenvalue weighted by Crippen LogP contribution is 2.16. The maximum atomic E-state index is 14.0. The van der Waals surface area contributed by atoms with Gasteiger partial charge in [0, 0.05) is 44.3 Å². The second-order valence-corrected chi connectivity index (χ2v) is 5.41. The zero-order valence-corrected chi connectivity index (χ0v) is 11.9. The number of benzene rings is 1. The van der Waals surface area contributed by atoms with Gasteiger partial charge in [0.2, 0.25) is 0 Å². The van der Waals surface area contributed by atoms with Crippen molar-refractivity contribution >= 4 is 0 Å². The van der Waals surface area contributed by atoms with Gasteiger partial charge >= 0.3 is 0 Å². The first kappa shape index (κ1) is 14.4. The van der Waals surface area contributed by atoms with Crippen molar-refractivity contribution in [2.45, 2.75) is 32.5 Å². The van der Waals surface area contributed by atoms with E-state index in [0.29, 0.717) is 19.1 Å². The molecule has 19 heavy (non-hydrogen) atoms. The van der Waals surface area contributed by atoms with Gasteiger partial charge in [-0.1, -0.05) is 19.1 Å². The second kappa shape index (κ2) is 6.46. The summed E-state index contributed by atoms with van der Waals surface area (Å²) in [6.45, 7) is 6.38. The van der Waals surface area contributed by atoms with Gasteiger partial charge in [-0.25, -0.2) is 4.39 Å². The van der Waals surface area contributed by atoms with Crippen LogP contribution < -0.4 is 5.73 Å². The summed E-state index contributed by atoms with van der Waals surface area (Å²) in [7, 11) is 2.17. The van der Waals surface area contributed by atoms with Crippen LogP contribution >= 0.6 is 0 Å². The molecule has 2 N–H and O–H groups in total. The van der Waals surface area contributed by atoms with Crippen LogP contribution in [0.15, 0.2) is 18.2 Å². The Balaban J connectivity index is 2.01. The quantitative estimate of drug-likeness (QED) is 0.901. The highest BCUT2D eigenvalue weighted by atomic mass is 19.1. The molecule has 4 heteroatoms. The highest BCUT2D eigenvalue weighted by molar-refractivity contribution is 5.24. The van der Waals surface area contributed by atoms with Gasteiger partial charge in [0.05, 0.1) is 0 Å². The molecule has 1 aliphatic rings. The molecule has 2 rings (SSSR count). The first-order chi connectivity index (χ1) is 9.13. The number of hydrogen-bond donors (Lipinski definition) is 1. The lowest BCUT2D eigenvalue weighted by atomic mass is 10.1. The maximum absolute atomic E-state index is 14.0. The summed E-state index contributed by atoms with van der Waals surface area (Å²) in [6.07, 6.45) is 1.14. The number of nitrogens with two attached hydrogens (primary N) is 1. The average molecular weight is 265 g/mol. The molecule has 0 spiro atoms. The first-order valence-electron chi connectivity index (χ1n) is 7.04. The molecule has 1 aromatic rings. The van der Waals surface area contributed by atoms with Crippen molar-refractivity contribution in [3.8, 4) is 0 Å². The third-order valence-corrected chi connectivity index (χ3v) is 4.08. The average Bonchev–Trinajstić information content (AvgIpc) is 2.43. The van der Waals surface area contributed by atoms with Gasteiger partial charge in [-0.3, -0.25) is 4.90 Å². The molecule has 0 aliphatic carbocycles. The van der Waals surface area contributed by atoms with Gasteiger partial charge < -0.3 is 10.6 Å². The van der Waals surface area contributed by atoms with Gasteiger partial charge in [-0.05, 0) is 25.1 Å². The van der Waals surface area contributed by atoms with Crippen LogP contribution in [0.2, 0.25) is 0 Å². The van der Waals surface area contributed by atoms with Crippen molar-refractivity contribution in [3.63, 3.8) is 0 Å². The smallest absolute Gasteiger partial charge is 0.128 e. The minimum absolute atomic E-state index is 0.130. The van der Waals surface area contributed by atoms with E-state index in [4.69, 9.17) is 5.73 Å². The number of halogens is 1. The van der Waals surface area contributed by atoms with E-state index >= 15 is 0 Å². The van der Waals surface area contributed by atoms with Crippen LogP contribution in [-0.2, 0) is 13.1 Å². The number of hydrogen-bond acceptors (Lipinski definition) is 3. The van der Waals surface area contributed by atoms with Crippen molar-refractivity contribution in [1.29, 1.82) is 0 Å². The predicted octanol–water partition coefficient (Wildman–Crippen LogP) is 1.81. The number of nitrogens with zero attached hydrogens (tertiary/aromatic N) is 2. The highest BCUT2D eigenvalue weighted by Gasteiger charge is 2.23. The minimum Gasteiger partial charge on any atom is -0.326 e. The van der Waals surface area contributed by atoms with E-state index in [9.17, 15) is 4.39 Å². The molecule has 0 saturated carbocycles. The van der Waals surface area contributed by atoms with Crippen LogP contribution in [0.3, 0.4) is 0 Å². The molecule has 1 heterocycles. The summed E-state index contributed by atoms with van der Waals surface area (Å²) in [5, 5.41) is 0. The number of likely N-dealkylation sites (N-methyl/N-ethyl adjacent to an activating group) is 1. The number of piperazine rings is 1. The fourth-order valence-corrected chi connectivity index (χ4v) is 2.68. The zero-order valence-electron chi connectivity index (χ0n) is 11.9. The van der Waals surface area contributed by atoms with Crippen molar-refractivity contribution < 1.29 is 4.39 Å². The van der Waals surface area contributed by atoms with Gasteiger partial charge in [0.1, 0.15) is 5.82 Å². The molecule has 1 fully saturated rings. The van der Waals surface area contributed by atoms with Gasteiger partial charge in [-0.15, -0.1) is 0 Å². The van der Waals surface area contributed by atoms with E-state index in [1.54, 1.807) is 6.07 Å². The Morgan fingerprint density at radius 3 is 2.79 bits per heavy atom. The standard InChI is InChI=1S/C15H24FN3/c1-3-14-11-19(7-6-18(14)2)10-13-5-4-12(9-17)8-15(13)16/h4-5,8,14H,3,6-7,9-11,17H2,1-2H3. The van der Waals surface area contributed by atoms with Crippen LogP contribution in [0, 0.1) is 5.82 Å². The lowest BCUT2D eigenvalue weighted by Gasteiger charge is -2.39. The summed E-state index contributed by atoms with van der Waals surface area (Å²) < 4.78 is 14.0. The zero-order chi connectivity index (χ0) is 13.8. The Morgan fingerprint density at radius 2 is 2.16 bits per heavy atom. The Labute approximate surface area is 115 Å². The van der Waals surface area contributed by atoms with E-state index in [1.165, 1.54) is 0 Å². The molecule has 1 aliphatic heterocycles. The van der Waals surface area contributed by atoms with Gasteiger partial charge in [-0.2, -0.15) is 0 Å². The van der Waals surface area contributed by atoms with Gasteiger partial charge in [0.25, 0.3) is 0 Å². The molecule has 0 radical (unpaired) electrons. The van der Waals surface area contributed by atoms with Crippen molar-refractivity contribution in [2.75, 3.05) is 26.7 Å². The molecule has 106 valence electrons. The van der Waals surface area contributed by atoms with Crippen LogP contribution in [0.5, 0.6) is 0 Å². The van der Waals surface area contributed by atoms with E-state index in [2.05, 4.69) is 23.8 Å². The van der Waals surface area contributed by atoms with E-state index in [1.807, 2.05) is 12.1 Å². The molecular formula is C15H24FN3. The monoisotopic (exact) mass is 265 g/mol. The molecule has 1 aromatic carbocycles. The Morgan fingerprint density at radius 1 is 1.37 bits per heavy atom. The van der Waals surface area contributed by atoms with E-state index < -0.39 is 0 Å². The summed E-state index contributed by atoms with van der Waals surface area (Å²) in [5.41, 5.74) is 7.15. The molecule has 0 amide bonds. The lowest BCUT2D eigenvalue weighted by Crippen LogP contribution is -2.50. The fraction of sp³-hybridized carbons (Fsp3) is 0.600. The largest absolute Gasteiger partial charge is 0.326 e. The lowest BCUT2D eigenvalue weighted by molar-refractivity contribution is 0.0876. The number of rotatable bonds is 4. The predicted molar refractivity (Wildman–Crippen MR) is 76.3 cm³/mol. The molecule has 3 nitrogen and oxygen atoms in total. The van der Waals surface area contributed by atoms with Crippen LogP contribution in [-0.4, -0.2) is 42.5 Å². The van der Waals surface area contributed by atoms with Crippen molar-refractivity contribution in [2.24, 2.45) is 5.73 Å². The van der Waals surface area contributed by atoms with Crippen molar-refractivity contribution in [3.05, 3.63) is 35.1 Å². The summed E-state index contributed by atoms with van der Waals surface area (Å²) >= 11 is 0. The molecule has 1 unspecified atom stereocenters. The van der Waals surface area contributed by atoms with Gasteiger partial charge in [0.15, 0.2) is 0 Å². The minimum atomic E-state index is -0.130.